The van der Waals surface area contributed by atoms with Crippen LogP contribution in [0.4, 0.5) is 0 Å². The maximum absolute atomic E-state index is 5.66. The topological polar surface area (TPSA) is 80.7 Å². The van der Waals surface area contributed by atoms with E-state index in [9.17, 15) is 0 Å². The van der Waals surface area contributed by atoms with E-state index < -0.39 is 0 Å². The Labute approximate surface area is 158 Å². The number of nitrogens with one attached hydrogen (secondary N) is 2. The van der Waals surface area contributed by atoms with E-state index in [1.807, 2.05) is 25.3 Å². The smallest absolute Gasteiger partial charge is 0.218 e. The van der Waals surface area contributed by atoms with Gasteiger partial charge in [-0.25, -0.2) is 15.0 Å². The number of rotatable bonds is 10. The van der Waals surface area contributed by atoms with E-state index in [1.165, 1.54) is 4.88 Å². The molecular formula is C18H27N5O2S. The number of thiazole rings is 1. The van der Waals surface area contributed by atoms with Gasteiger partial charge in [0.05, 0.1) is 18.2 Å². The van der Waals surface area contributed by atoms with Gasteiger partial charge in [-0.15, -0.1) is 11.3 Å². The number of aliphatic imine (C=N–C) groups is 1. The van der Waals surface area contributed by atoms with Crippen LogP contribution in [-0.4, -0.2) is 49.3 Å². The molecule has 0 bridgehead atoms. The van der Waals surface area contributed by atoms with E-state index in [2.05, 4.69) is 32.5 Å². The van der Waals surface area contributed by atoms with Crippen LogP contribution in [0.2, 0.25) is 0 Å². The number of aryl methyl sites for hydroxylation is 1. The number of hydrogen-bond donors (Lipinski definition) is 2. The lowest BCUT2D eigenvalue weighted by Crippen LogP contribution is -2.38. The summed E-state index contributed by atoms with van der Waals surface area (Å²) >= 11 is 1.73. The minimum absolute atomic E-state index is 0.468. The van der Waals surface area contributed by atoms with Crippen molar-refractivity contribution in [2.45, 2.75) is 26.8 Å². The standard InChI is InChI=1S/C18H27N5O2S/c1-4-19-18(21-9-7-16-22-12-14(2)26-16)23-13-15-6-5-8-20-17(15)25-11-10-24-3/h5-6,8,12H,4,7,9-11,13H2,1-3H3,(H2,19,21,23). The van der Waals surface area contributed by atoms with Crippen LogP contribution in [0.5, 0.6) is 5.88 Å². The fourth-order valence-corrected chi connectivity index (χ4v) is 2.99. The third kappa shape index (κ3) is 6.97. The van der Waals surface area contributed by atoms with Gasteiger partial charge in [0, 0.05) is 49.5 Å². The monoisotopic (exact) mass is 377 g/mol. The Morgan fingerprint density at radius 2 is 2.15 bits per heavy atom. The number of pyridine rings is 1. The van der Waals surface area contributed by atoms with E-state index in [0.717, 1.165) is 36.0 Å². The second-order valence-corrected chi connectivity index (χ2v) is 6.86. The third-order valence-electron chi connectivity index (χ3n) is 3.43. The van der Waals surface area contributed by atoms with Gasteiger partial charge >= 0.3 is 0 Å². The van der Waals surface area contributed by atoms with E-state index in [1.54, 1.807) is 24.6 Å². The lowest BCUT2D eigenvalue weighted by atomic mass is 10.3. The molecule has 0 saturated heterocycles. The molecule has 26 heavy (non-hydrogen) atoms. The van der Waals surface area contributed by atoms with Crippen molar-refractivity contribution in [3.63, 3.8) is 0 Å². The van der Waals surface area contributed by atoms with Crippen molar-refractivity contribution >= 4 is 17.3 Å². The molecular weight excluding hydrogens is 350 g/mol. The van der Waals surface area contributed by atoms with Crippen LogP contribution in [0.15, 0.2) is 29.5 Å². The Hall–Kier alpha value is -2.19. The van der Waals surface area contributed by atoms with E-state index in [0.29, 0.717) is 25.6 Å². The molecule has 2 N–H and O–H groups in total. The highest BCUT2D eigenvalue weighted by Crippen LogP contribution is 2.15. The fraction of sp³-hybridized carbons (Fsp3) is 0.500. The number of nitrogens with zero attached hydrogens (tertiary/aromatic N) is 3. The molecule has 0 unspecified atom stereocenters. The van der Waals surface area contributed by atoms with Crippen molar-refractivity contribution in [1.82, 2.24) is 20.6 Å². The van der Waals surface area contributed by atoms with Crippen LogP contribution >= 0.6 is 11.3 Å². The molecule has 0 aliphatic heterocycles. The molecule has 2 aromatic rings. The molecule has 2 rings (SSSR count). The zero-order valence-electron chi connectivity index (χ0n) is 15.6. The van der Waals surface area contributed by atoms with Gasteiger partial charge < -0.3 is 20.1 Å². The van der Waals surface area contributed by atoms with Gasteiger partial charge in [-0.3, -0.25) is 0 Å². The summed E-state index contributed by atoms with van der Waals surface area (Å²) in [5.74, 6) is 1.37. The lowest BCUT2D eigenvalue weighted by molar-refractivity contribution is 0.143. The third-order valence-corrected chi connectivity index (χ3v) is 4.40. The van der Waals surface area contributed by atoms with E-state index >= 15 is 0 Å². The Balaban J connectivity index is 1.91. The highest BCUT2D eigenvalue weighted by Gasteiger charge is 2.06. The quantitative estimate of drug-likeness (QED) is 0.375. The lowest BCUT2D eigenvalue weighted by Gasteiger charge is -2.12. The molecule has 0 amide bonds. The van der Waals surface area contributed by atoms with Crippen LogP contribution in [0.25, 0.3) is 0 Å². The van der Waals surface area contributed by atoms with Crippen LogP contribution in [0, 0.1) is 6.92 Å². The summed E-state index contributed by atoms with van der Waals surface area (Å²) < 4.78 is 10.7. The van der Waals surface area contributed by atoms with Gasteiger partial charge in [0.25, 0.3) is 0 Å². The van der Waals surface area contributed by atoms with Gasteiger partial charge in [0.15, 0.2) is 5.96 Å². The molecule has 0 spiro atoms. The minimum Gasteiger partial charge on any atom is -0.475 e. The van der Waals surface area contributed by atoms with Crippen LogP contribution in [-0.2, 0) is 17.7 Å². The van der Waals surface area contributed by atoms with Crippen LogP contribution < -0.4 is 15.4 Å². The first-order valence-corrected chi connectivity index (χ1v) is 9.53. The molecule has 0 fully saturated rings. The first kappa shape index (κ1) is 20.1. The van der Waals surface area contributed by atoms with Gasteiger partial charge in [-0.2, -0.15) is 0 Å². The molecule has 0 radical (unpaired) electrons. The van der Waals surface area contributed by atoms with Gasteiger partial charge in [-0.1, -0.05) is 6.07 Å². The highest BCUT2D eigenvalue weighted by atomic mass is 32.1. The Bertz CT molecular complexity index is 690. The van der Waals surface area contributed by atoms with Crippen LogP contribution in [0.1, 0.15) is 22.4 Å². The second-order valence-electron chi connectivity index (χ2n) is 5.55. The Morgan fingerprint density at radius 1 is 1.27 bits per heavy atom. The zero-order chi connectivity index (χ0) is 18.6. The number of guanidine groups is 1. The van der Waals surface area contributed by atoms with Crippen molar-refractivity contribution < 1.29 is 9.47 Å². The first-order valence-electron chi connectivity index (χ1n) is 8.72. The SMILES string of the molecule is CCNC(=NCc1cccnc1OCCOC)NCCc1ncc(C)s1. The van der Waals surface area contributed by atoms with Gasteiger partial charge in [0.1, 0.15) is 6.61 Å². The molecule has 0 aromatic carbocycles. The summed E-state index contributed by atoms with van der Waals surface area (Å²) in [6.45, 7) is 7.18. The summed E-state index contributed by atoms with van der Waals surface area (Å²) in [6, 6.07) is 3.86. The van der Waals surface area contributed by atoms with Crippen molar-refractivity contribution in [3.8, 4) is 5.88 Å². The molecule has 0 saturated carbocycles. The first-order chi connectivity index (χ1) is 12.7. The Kier molecular flexibility index (Phi) is 8.85. The molecule has 2 heterocycles. The van der Waals surface area contributed by atoms with E-state index in [4.69, 9.17) is 9.47 Å². The number of aromatic nitrogens is 2. The van der Waals surface area contributed by atoms with Crippen molar-refractivity contribution in [2.24, 2.45) is 4.99 Å². The second kappa shape index (κ2) is 11.4. The fourth-order valence-electron chi connectivity index (χ4n) is 2.21. The average molecular weight is 378 g/mol. The average Bonchev–Trinajstić information content (AvgIpc) is 3.06. The molecule has 142 valence electrons. The summed E-state index contributed by atoms with van der Waals surface area (Å²) in [5.41, 5.74) is 0.941. The van der Waals surface area contributed by atoms with E-state index in [-0.39, 0.29) is 0 Å². The number of methoxy groups -OCH3 is 1. The zero-order valence-corrected chi connectivity index (χ0v) is 16.4. The summed E-state index contributed by atoms with van der Waals surface area (Å²) in [4.78, 5) is 14.5. The molecule has 2 aromatic heterocycles. The highest BCUT2D eigenvalue weighted by molar-refractivity contribution is 7.11. The van der Waals surface area contributed by atoms with Gasteiger partial charge in [0.2, 0.25) is 5.88 Å². The van der Waals surface area contributed by atoms with Crippen LogP contribution in [0.3, 0.4) is 0 Å². The van der Waals surface area contributed by atoms with Gasteiger partial charge in [-0.05, 0) is 19.9 Å². The van der Waals surface area contributed by atoms with Crippen molar-refractivity contribution in [1.29, 1.82) is 0 Å². The van der Waals surface area contributed by atoms with Crippen molar-refractivity contribution in [3.05, 3.63) is 40.0 Å². The predicted molar refractivity (Wildman–Crippen MR) is 105 cm³/mol. The predicted octanol–water partition coefficient (Wildman–Crippen LogP) is 2.17. The molecule has 8 heteroatoms. The maximum atomic E-state index is 5.66. The Morgan fingerprint density at radius 3 is 2.88 bits per heavy atom. The number of ether oxygens (including phenoxy) is 2. The maximum Gasteiger partial charge on any atom is 0.218 e. The summed E-state index contributed by atoms with van der Waals surface area (Å²) in [6.07, 6.45) is 4.50. The molecule has 0 atom stereocenters. The summed E-state index contributed by atoms with van der Waals surface area (Å²) in [5, 5.41) is 7.73. The number of hydrogen-bond acceptors (Lipinski definition) is 6. The molecule has 7 nitrogen and oxygen atoms in total. The largest absolute Gasteiger partial charge is 0.475 e. The minimum atomic E-state index is 0.468. The molecule has 0 aliphatic rings. The summed E-state index contributed by atoms with van der Waals surface area (Å²) in [7, 11) is 1.65. The normalized spacial score (nSPS) is 11.4. The molecule has 0 aliphatic carbocycles. The van der Waals surface area contributed by atoms with Crippen molar-refractivity contribution in [2.75, 3.05) is 33.4 Å².